The van der Waals surface area contributed by atoms with E-state index < -0.39 is 0 Å². The molecule has 0 bridgehead atoms. The molecule has 2 saturated heterocycles. The number of hydrogen-bond donors (Lipinski definition) is 0. The first-order valence-corrected chi connectivity index (χ1v) is 10.3. The highest BCUT2D eigenvalue weighted by atomic mass is 35.5. The van der Waals surface area contributed by atoms with Crippen LogP contribution in [0.1, 0.15) is 12.8 Å². The molecule has 0 amide bonds. The van der Waals surface area contributed by atoms with E-state index >= 15 is 0 Å². The fourth-order valence-corrected chi connectivity index (χ4v) is 4.48. The van der Waals surface area contributed by atoms with Crippen LogP contribution < -0.4 is 14.7 Å². The van der Waals surface area contributed by atoms with E-state index in [1.165, 1.54) is 18.5 Å². The van der Waals surface area contributed by atoms with Crippen molar-refractivity contribution in [1.29, 1.82) is 0 Å². The maximum Gasteiger partial charge on any atom is 0.139 e. The van der Waals surface area contributed by atoms with E-state index in [2.05, 4.69) is 47.9 Å². The second-order valence-electron chi connectivity index (χ2n) is 7.39. The quantitative estimate of drug-likeness (QED) is 0.676. The minimum absolute atomic E-state index is 0.717. The Morgan fingerprint density at radius 1 is 0.821 bits per heavy atom. The molecule has 6 nitrogen and oxygen atoms in total. The molecule has 0 atom stereocenters. The molecule has 5 rings (SSSR count). The SMILES string of the molecule is Clc1cnccc1N1CCN(c2ccc3ncnc(N4CCCC4)c3c2)CC1. The first-order valence-electron chi connectivity index (χ1n) is 9.89. The van der Waals surface area contributed by atoms with E-state index in [0.717, 1.165) is 61.7 Å². The lowest BCUT2D eigenvalue weighted by molar-refractivity contribution is 0.653. The molecule has 2 aromatic heterocycles. The zero-order chi connectivity index (χ0) is 18.9. The Morgan fingerprint density at radius 3 is 2.39 bits per heavy atom. The van der Waals surface area contributed by atoms with Crippen LogP contribution in [0.3, 0.4) is 0 Å². The monoisotopic (exact) mass is 394 g/mol. The van der Waals surface area contributed by atoms with Gasteiger partial charge >= 0.3 is 0 Å². The van der Waals surface area contributed by atoms with Gasteiger partial charge in [-0.3, -0.25) is 4.98 Å². The standard InChI is InChI=1S/C21H23ClN6/c22-18-14-23-6-5-20(18)27-11-9-26(10-12-27)16-3-4-19-17(13-16)21(25-15-24-19)28-7-1-2-8-28/h3-6,13-15H,1-2,7-12H2. The molecule has 2 fully saturated rings. The van der Waals surface area contributed by atoms with E-state index in [1.54, 1.807) is 18.7 Å². The molecular weight excluding hydrogens is 372 g/mol. The van der Waals surface area contributed by atoms with Gasteiger partial charge in [0.2, 0.25) is 0 Å². The maximum atomic E-state index is 6.32. The van der Waals surface area contributed by atoms with Gasteiger partial charge in [-0.15, -0.1) is 0 Å². The summed E-state index contributed by atoms with van der Waals surface area (Å²) in [6, 6.07) is 8.56. The van der Waals surface area contributed by atoms with Crippen LogP contribution in [0.4, 0.5) is 17.2 Å². The minimum atomic E-state index is 0.717. The molecule has 28 heavy (non-hydrogen) atoms. The van der Waals surface area contributed by atoms with E-state index in [1.807, 2.05) is 6.07 Å². The number of nitrogens with zero attached hydrogens (tertiary/aromatic N) is 6. The Hall–Kier alpha value is -2.60. The highest BCUT2D eigenvalue weighted by molar-refractivity contribution is 6.33. The van der Waals surface area contributed by atoms with E-state index in [4.69, 9.17) is 11.6 Å². The number of anilines is 3. The summed E-state index contributed by atoms with van der Waals surface area (Å²) in [4.78, 5) is 20.3. The largest absolute Gasteiger partial charge is 0.368 e. The van der Waals surface area contributed by atoms with Gasteiger partial charge in [0.15, 0.2) is 0 Å². The molecule has 7 heteroatoms. The lowest BCUT2D eigenvalue weighted by Gasteiger charge is -2.37. The number of halogens is 1. The molecule has 0 saturated carbocycles. The average Bonchev–Trinajstić information content (AvgIpc) is 3.28. The predicted octanol–water partition coefficient (Wildman–Crippen LogP) is 3.61. The van der Waals surface area contributed by atoms with Gasteiger partial charge < -0.3 is 14.7 Å². The second kappa shape index (κ2) is 7.43. The lowest BCUT2D eigenvalue weighted by Crippen LogP contribution is -2.46. The Bertz CT molecular complexity index is 980. The molecule has 2 aliphatic heterocycles. The van der Waals surface area contributed by atoms with Crippen LogP contribution in [0.15, 0.2) is 43.0 Å². The maximum absolute atomic E-state index is 6.32. The first kappa shape index (κ1) is 17.5. The topological polar surface area (TPSA) is 48.4 Å². The number of piperazine rings is 1. The van der Waals surface area contributed by atoms with Gasteiger partial charge in [0.05, 0.1) is 16.2 Å². The normalized spacial score (nSPS) is 17.5. The van der Waals surface area contributed by atoms with E-state index in [9.17, 15) is 0 Å². The molecule has 2 aliphatic rings. The summed E-state index contributed by atoms with van der Waals surface area (Å²) in [5.41, 5.74) is 3.32. The van der Waals surface area contributed by atoms with Crippen molar-refractivity contribution in [3.8, 4) is 0 Å². The van der Waals surface area contributed by atoms with Crippen molar-refractivity contribution in [3.63, 3.8) is 0 Å². The Kier molecular flexibility index (Phi) is 4.64. The third-order valence-electron chi connectivity index (χ3n) is 5.74. The third kappa shape index (κ3) is 3.22. The van der Waals surface area contributed by atoms with Crippen molar-refractivity contribution >= 4 is 39.7 Å². The van der Waals surface area contributed by atoms with Crippen molar-refractivity contribution in [2.24, 2.45) is 0 Å². The zero-order valence-corrected chi connectivity index (χ0v) is 16.5. The highest BCUT2D eigenvalue weighted by Gasteiger charge is 2.21. The number of pyridine rings is 1. The fourth-order valence-electron chi connectivity index (χ4n) is 4.24. The van der Waals surface area contributed by atoms with Crippen LogP contribution in [-0.2, 0) is 0 Å². The van der Waals surface area contributed by atoms with Crippen LogP contribution in [-0.4, -0.2) is 54.2 Å². The van der Waals surface area contributed by atoms with Gasteiger partial charge in [-0.05, 0) is 37.1 Å². The average molecular weight is 395 g/mol. The van der Waals surface area contributed by atoms with Gasteiger partial charge in [-0.25, -0.2) is 9.97 Å². The van der Waals surface area contributed by atoms with Gasteiger partial charge in [0.25, 0.3) is 0 Å². The molecule has 1 aromatic carbocycles. The van der Waals surface area contributed by atoms with Crippen molar-refractivity contribution in [2.45, 2.75) is 12.8 Å². The number of aromatic nitrogens is 3. The van der Waals surface area contributed by atoms with Gasteiger partial charge in [-0.1, -0.05) is 11.6 Å². The van der Waals surface area contributed by atoms with Crippen LogP contribution in [0, 0.1) is 0 Å². The van der Waals surface area contributed by atoms with Crippen LogP contribution in [0.5, 0.6) is 0 Å². The molecule has 3 aromatic rings. The summed E-state index contributed by atoms with van der Waals surface area (Å²) in [6.07, 6.45) is 7.69. The van der Waals surface area contributed by atoms with Crippen molar-refractivity contribution in [3.05, 3.63) is 48.0 Å². The molecule has 4 heterocycles. The number of rotatable bonds is 3. The highest BCUT2D eigenvalue weighted by Crippen LogP contribution is 2.31. The minimum Gasteiger partial charge on any atom is -0.368 e. The summed E-state index contributed by atoms with van der Waals surface area (Å²) in [6.45, 7) is 5.95. The number of benzene rings is 1. The Labute approximate surface area is 169 Å². The Balaban J connectivity index is 1.38. The first-order chi connectivity index (χ1) is 13.8. The van der Waals surface area contributed by atoms with E-state index in [0.29, 0.717) is 5.02 Å². The van der Waals surface area contributed by atoms with Crippen molar-refractivity contribution < 1.29 is 0 Å². The molecular formula is C21H23ClN6. The van der Waals surface area contributed by atoms with Gasteiger partial charge in [0.1, 0.15) is 12.1 Å². The summed E-state index contributed by atoms with van der Waals surface area (Å²) in [7, 11) is 0. The molecule has 0 aliphatic carbocycles. The van der Waals surface area contributed by atoms with Crippen LogP contribution in [0.2, 0.25) is 5.02 Å². The number of hydrogen-bond acceptors (Lipinski definition) is 6. The summed E-state index contributed by atoms with van der Waals surface area (Å²) >= 11 is 6.32. The summed E-state index contributed by atoms with van der Waals surface area (Å²) < 4.78 is 0. The smallest absolute Gasteiger partial charge is 0.139 e. The van der Waals surface area contributed by atoms with Crippen molar-refractivity contribution in [2.75, 3.05) is 54.0 Å². The zero-order valence-electron chi connectivity index (χ0n) is 15.8. The van der Waals surface area contributed by atoms with Crippen LogP contribution in [0.25, 0.3) is 10.9 Å². The lowest BCUT2D eigenvalue weighted by atomic mass is 10.1. The Morgan fingerprint density at radius 2 is 1.61 bits per heavy atom. The molecule has 0 N–H and O–H groups in total. The van der Waals surface area contributed by atoms with Gasteiger partial charge in [-0.2, -0.15) is 0 Å². The van der Waals surface area contributed by atoms with Gasteiger partial charge in [0, 0.05) is 62.7 Å². The fraction of sp³-hybridized carbons (Fsp3) is 0.381. The molecule has 144 valence electrons. The van der Waals surface area contributed by atoms with Crippen molar-refractivity contribution in [1.82, 2.24) is 15.0 Å². The number of fused-ring (bicyclic) bond motifs is 1. The van der Waals surface area contributed by atoms with E-state index in [-0.39, 0.29) is 0 Å². The molecule has 0 unspecified atom stereocenters. The predicted molar refractivity (Wildman–Crippen MR) is 115 cm³/mol. The summed E-state index contributed by atoms with van der Waals surface area (Å²) in [5, 5.41) is 1.87. The molecule has 0 spiro atoms. The van der Waals surface area contributed by atoms with Crippen LogP contribution >= 0.6 is 11.6 Å². The summed E-state index contributed by atoms with van der Waals surface area (Å²) in [5.74, 6) is 1.08. The third-order valence-corrected chi connectivity index (χ3v) is 6.03. The second-order valence-corrected chi connectivity index (χ2v) is 7.80. The molecule has 0 radical (unpaired) electrons.